The molecular weight excluding hydrogens is 300 g/mol. The van der Waals surface area contributed by atoms with Gasteiger partial charge in [-0.3, -0.25) is 9.78 Å². The van der Waals surface area contributed by atoms with Crippen LogP contribution in [0.3, 0.4) is 0 Å². The van der Waals surface area contributed by atoms with Crippen LogP contribution in [-0.4, -0.2) is 10.9 Å². The number of hydrogen-bond donors (Lipinski definition) is 1. The van der Waals surface area contributed by atoms with Crippen LogP contribution in [0.25, 0.3) is 0 Å². The highest BCUT2D eigenvalue weighted by atomic mass is 79.9. The van der Waals surface area contributed by atoms with E-state index in [4.69, 9.17) is 0 Å². The maximum Gasteiger partial charge on any atom is 0.225 e. The van der Waals surface area contributed by atoms with Gasteiger partial charge in [-0.1, -0.05) is 6.07 Å². The van der Waals surface area contributed by atoms with E-state index < -0.39 is 0 Å². The minimum absolute atomic E-state index is 0.0307. The number of nitrogens with one attached hydrogen (secondary N) is 1. The Morgan fingerprint density at radius 1 is 1.53 bits per heavy atom. The van der Waals surface area contributed by atoms with Gasteiger partial charge >= 0.3 is 0 Å². The van der Waals surface area contributed by atoms with Crippen molar-refractivity contribution in [2.75, 3.05) is 0 Å². The number of aromatic nitrogens is 1. The molecule has 0 bridgehead atoms. The normalized spacial score (nSPS) is 10.2. The smallest absolute Gasteiger partial charge is 0.225 e. The monoisotopic (exact) mass is 310 g/mol. The Hall–Kier alpha value is -1.20. The largest absolute Gasteiger partial charge is 0.352 e. The van der Waals surface area contributed by atoms with Crippen molar-refractivity contribution in [1.82, 2.24) is 10.3 Å². The van der Waals surface area contributed by atoms with E-state index in [0.717, 1.165) is 14.9 Å². The van der Waals surface area contributed by atoms with Crippen molar-refractivity contribution in [1.29, 1.82) is 0 Å². The zero-order valence-electron chi connectivity index (χ0n) is 9.02. The van der Waals surface area contributed by atoms with Gasteiger partial charge in [-0.05, 0) is 33.6 Å². The van der Waals surface area contributed by atoms with E-state index in [1.54, 1.807) is 23.7 Å². The lowest BCUT2D eigenvalue weighted by atomic mass is 10.2. The summed E-state index contributed by atoms with van der Waals surface area (Å²) in [6.45, 7) is 0.527. The van der Waals surface area contributed by atoms with Crippen molar-refractivity contribution in [2.45, 2.75) is 13.0 Å². The zero-order valence-corrected chi connectivity index (χ0v) is 11.4. The Morgan fingerprint density at radius 2 is 2.41 bits per heavy atom. The second-order valence-electron chi connectivity index (χ2n) is 3.55. The van der Waals surface area contributed by atoms with Crippen molar-refractivity contribution in [3.05, 3.63) is 50.9 Å². The second kappa shape index (κ2) is 5.93. The number of thiophene rings is 1. The molecule has 2 aromatic heterocycles. The molecule has 0 aromatic carbocycles. The number of nitrogens with zero attached hydrogens (tertiary/aromatic N) is 1. The molecule has 0 unspecified atom stereocenters. The van der Waals surface area contributed by atoms with E-state index in [2.05, 4.69) is 26.2 Å². The molecule has 0 saturated heterocycles. The number of halogens is 1. The lowest BCUT2D eigenvalue weighted by Gasteiger charge is -2.03. The fourth-order valence-corrected chi connectivity index (χ4v) is 2.82. The van der Waals surface area contributed by atoms with Gasteiger partial charge in [-0.15, -0.1) is 11.3 Å². The molecule has 17 heavy (non-hydrogen) atoms. The fraction of sp³-hybridized carbons (Fsp3) is 0.167. The number of amides is 1. The van der Waals surface area contributed by atoms with Crippen LogP contribution in [0.1, 0.15) is 10.4 Å². The van der Waals surface area contributed by atoms with Crippen LogP contribution >= 0.6 is 27.3 Å². The summed E-state index contributed by atoms with van der Waals surface area (Å²) in [4.78, 5) is 16.7. The van der Waals surface area contributed by atoms with Crippen LogP contribution < -0.4 is 5.32 Å². The third-order valence-electron chi connectivity index (χ3n) is 2.17. The van der Waals surface area contributed by atoms with Crippen molar-refractivity contribution >= 4 is 33.2 Å². The van der Waals surface area contributed by atoms with Crippen LogP contribution in [-0.2, 0) is 17.8 Å². The van der Waals surface area contributed by atoms with E-state index in [0.29, 0.717) is 13.0 Å². The van der Waals surface area contributed by atoms with Crippen molar-refractivity contribution < 1.29 is 4.79 Å². The quantitative estimate of drug-likeness (QED) is 0.943. The lowest BCUT2D eigenvalue weighted by Crippen LogP contribution is -2.24. The van der Waals surface area contributed by atoms with E-state index >= 15 is 0 Å². The highest BCUT2D eigenvalue weighted by Crippen LogP contribution is 2.19. The first-order chi connectivity index (χ1) is 8.24. The highest BCUT2D eigenvalue weighted by Gasteiger charge is 2.05. The molecule has 0 fully saturated rings. The summed E-state index contributed by atoms with van der Waals surface area (Å²) in [5, 5.41) is 4.85. The van der Waals surface area contributed by atoms with Gasteiger partial charge in [0.25, 0.3) is 0 Å². The van der Waals surface area contributed by atoms with Crippen LogP contribution in [0.2, 0.25) is 0 Å². The van der Waals surface area contributed by atoms with E-state index in [1.165, 1.54) is 0 Å². The Kier molecular flexibility index (Phi) is 4.28. The zero-order chi connectivity index (χ0) is 12.1. The Morgan fingerprint density at radius 3 is 3.06 bits per heavy atom. The molecule has 0 atom stereocenters. The van der Waals surface area contributed by atoms with Gasteiger partial charge < -0.3 is 5.32 Å². The minimum atomic E-state index is 0.0307. The second-order valence-corrected chi connectivity index (χ2v) is 5.46. The Bertz CT molecular complexity index is 498. The molecule has 2 aromatic rings. The number of rotatable bonds is 4. The molecule has 0 saturated carbocycles. The molecule has 0 radical (unpaired) electrons. The molecule has 0 aliphatic heterocycles. The van der Waals surface area contributed by atoms with Crippen LogP contribution in [0.5, 0.6) is 0 Å². The predicted molar refractivity (Wildman–Crippen MR) is 71.8 cm³/mol. The first-order valence-electron chi connectivity index (χ1n) is 5.12. The molecule has 3 nitrogen and oxygen atoms in total. The van der Waals surface area contributed by atoms with Gasteiger partial charge in [-0.25, -0.2) is 0 Å². The maximum atomic E-state index is 11.7. The first-order valence-corrected chi connectivity index (χ1v) is 6.80. The molecule has 5 heteroatoms. The molecule has 0 aliphatic carbocycles. The van der Waals surface area contributed by atoms with Crippen LogP contribution in [0, 0.1) is 0 Å². The third kappa shape index (κ3) is 3.94. The van der Waals surface area contributed by atoms with Gasteiger partial charge in [0, 0.05) is 33.7 Å². The third-order valence-corrected chi connectivity index (χ3v) is 3.87. The molecule has 1 amide bonds. The van der Waals surface area contributed by atoms with Gasteiger partial charge in [0.15, 0.2) is 0 Å². The van der Waals surface area contributed by atoms with Gasteiger partial charge in [0.1, 0.15) is 0 Å². The van der Waals surface area contributed by atoms with E-state index in [-0.39, 0.29) is 5.91 Å². The summed E-state index contributed by atoms with van der Waals surface area (Å²) in [5.74, 6) is 0.0307. The summed E-state index contributed by atoms with van der Waals surface area (Å²) in [6.07, 6.45) is 3.90. The average Bonchev–Trinajstić information content (AvgIpc) is 2.73. The number of hydrogen-bond acceptors (Lipinski definition) is 3. The SMILES string of the molecule is O=C(Cc1cc(Br)cs1)NCc1cccnc1. The molecule has 88 valence electrons. The molecular formula is C12H11BrN2OS. The van der Waals surface area contributed by atoms with Gasteiger partial charge in [0.05, 0.1) is 6.42 Å². The summed E-state index contributed by atoms with van der Waals surface area (Å²) in [6, 6.07) is 5.77. The fourth-order valence-electron chi connectivity index (χ4n) is 1.37. The number of carbonyl (C=O) groups excluding carboxylic acids is 1. The van der Waals surface area contributed by atoms with Crippen LogP contribution in [0.4, 0.5) is 0 Å². The highest BCUT2D eigenvalue weighted by molar-refractivity contribution is 9.10. The van der Waals surface area contributed by atoms with Crippen molar-refractivity contribution in [2.24, 2.45) is 0 Å². The number of pyridine rings is 1. The predicted octanol–water partition coefficient (Wildman–Crippen LogP) is 2.76. The summed E-state index contributed by atoms with van der Waals surface area (Å²) < 4.78 is 1.03. The average molecular weight is 311 g/mol. The van der Waals surface area contributed by atoms with E-state index in [9.17, 15) is 4.79 Å². The van der Waals surface area contributed by atoms with Crippen LogP contribution in [0.15, 0.2) is 40.4 Å². The van der Waals surface area contributed by atoms with Crippen molar-refractivity contribution in [3.63, 3.8) is 0 Å². The first kappa shape index (κ1) is 12.3. The molecule has 1 N–H and O–H groups in total. The summed E-state index contributed by atoms with van der Waals surface area (Å²) >= 11 is 4.95. The minimum Gasteiger partial charge on any atom is -0.352 e. The Labute approximate surface area is 112 Å². The summed E-state index contributed by atoms with van der Waals surface area (Å²) in [5.41, 5.74) is 1.01. The van der Waals surface area contributed by atoms with Gasteiger partial charge in [0.2, 0.25) is 5.91 Å². The molecule has 0 spiro atoms. The molecule has 2 rings (SSSR count). The molecule has 0 aliphatic rings. The standard InChI is InChI=1S/C12H11BrN2OS/c13-10-4-11(17-8-10)5-12(16)15-7-9-2-1-3-14-6-9/h1-4,6,8H,5,7H2,(H,15,16). The van der Waals surface area contributed by atoms with Gasteiger partial charge in [-0.2, -0.15) is 0 Å². The Balaban J connectivity index is 1.82. The van der Waals surface area contributed by atoms with E-state index in [1.807, 2.05) is 23.6 Å². The maximum absolute atomic E-state index is 11.7. The van der Waals surface area contributed by atoms with Crippen molar-refractivity contribution in [3.8, 4) is 0 Å². The lowest BCUT2D eigenvalue weighted by molar-refractivity contribution is -0.120. The summed E-state index contributed by atoms with van der Waals surface area (Å²) in [7, 11) is 0. The number of carbonyl (C=O) groups is 1. The molecule has 2 heterocycles. The topological polar surface area (TPSA) is 42.0 Å².